The van der Waals surface area contributed by atoms with Gasteiger partial charge in [0.15, 0.2) is 12.2 Å². The van der Waals surface area contributed by atoms with Gasteiger partial charge in [-0.15, -0.1) is 0 Å². The molecule has 0 aromatic heterocycles. The number of unbranched alkanes of at least 4 members (excludes halogenated alkanes) is 42. The summed E-state index contributed by atoms with van der Waals surface area (Å²) in [5, 5.41) is 10.6. The summed E-state index contributed by atoms with van der Waals surface area (Å²) in [5.74, 6) is -0.552. The smallest absolute Gasteiger partial charge is 0.462 e. The van der Waals surface area contributed by atoms with Gasteiger partial charge in [-0.25, -0.2) is 9.13 Å². The first-order valence-electron chi connectivity index (χ1n) is 38.0. The van der Waals surface area contributed by atoms with E-state index in [1.165, 1.54) is 186 Å². The Kier molecular flexibility index (Phi) is 63.7. The van der Waals surface area contributed by atoms with Crippen molar-refractivity contribution in [3.8, 4) is 0 Å². The van der Waals surface area contributed by atoms with Crippen molar-refractivity contribution in [1.82, 2.24) is 0 Å². The second-order valence-corrected chi connectivity index (χ2v) is 30.2. The standard InChI is InChI=1S/C73H142O17P2/c1-7-9-11-13-14-15-16-23-27-34-39-45-51-57-72(77)89-68(61-83-70(75)55-49-41-12-10-8-2)63-87-91(79,80)85-59-67(74)60-86-92(81,82)88-64-69(62-84-71(76)56-50-44-38-33-30-29-32-37-43-48-54-66(5)6)90-73(78)58-52-46-40-35-28-25-22-20-18-17-19-21-24-26-31-36-42-47-53-65(3)4/h65-69,74H,7-64H2,1-6H3,(H,79,80)(H,81,82)/t67-,68+,69+/m0/s1. The highest BCUT2D eigenvalue weighted by Crippen LogP contribution is 2.45. The zero-order valence-electron chi connectivity index (χ0n) is 59.9. The number of hydrogen-bond acceptors (Lipinski definition) is 15. The van der Waals surface area contributed by atoms with Crippen molar-refractivity contribution in [1.29, 1.82) is 0 Å². The number of rotatable bonds is 72. The highest BCUT2D eigenvalue weighted by molar-refractivity contribution is 7.47. The molecule has 0 aliphatic carbocycles. The van der Waals surface area contributed by atoms with E-state index in [-0.39, 0.29) is 25.7 Å². The van der Waals surface area contributed by atoms with Crippen molar-refractivity contribution >= 4 is 39.5 Å². The Morgan fingerprint density at radius 2 is 0.500 bits per heavy atom. The normalized spacial score (nSPS) is 14.1. The first-order valence-corrected chi connectivity index (χ1v) is 41.0. The van der Waals surface area contributed by atoms with Gasteiger partial charge >= 0.3 is 39.5 Å². The third-order valence-corrected chi connectivity index (χ3v) is 18.9. The quantitative estimate of drug-likeness (QED) is 0.0222. The molecule has 0 aromatic rings. The fourth-order valence-corrected chi connectivity index (χ4v) is 12.7. The molecule has 19 heteroatoms. The number of esters is 4. The van der Waals surface area contributed by atoms with Crippen LogP contribution < -0.4 is 0 Å². The first-order chi connectivity index (χ1) is 44.4. The molecule has 546 valence electrons. The van der Waals surface area contributed by atoms with Crippen LogP contribution in [0.25, 0.3) is 0 Å². The molecule has 0 radical (unpaired) electrons. The van der Waals surface area contributed by atoms with E-state index in [1.807, 2.05) is 0 Å². The van der Waals surface area contributed by atoms with E-state index in [4.69, 9.17) is 37.0 Å². The van der Waals surface area contributed by atoms with Gasteiger partial charge in [0.2, 0.25) is 0 Å². The van der Waals surface area contributed by atoms with Gasteiger partial charge in [-0.3, -0.25) is 37.3 Å². The molecular formula is C73H142O17P2. The molecule has 3 N–H and O–H groups in total. The Morgan fingerprint density at radius 3 is 0.739 bits per heavy atom. The van der Waals surface area contributed by atoms with Crippen molar-refractivity contribution < 1.29 is 80.2 Å². The highest BCUT2D eigenvalue weighted by atomic mass is 31.2. The van der Waals surface area contributed by atoms with Crippen molar-refractivity contribution in [3.05, 3.63) is 0 Å². The third kappa shape index (κ3) is 66.7. The molecule has 0 amide bonds. The van der Waals surface area contributed by atoms with Gasteiger partial charge < -0.3 is 33.8 Å². The third-order valence-electron chi connectivity index (χ3n) is 17.0. The van der Waals surface area contributed by atoms with Crippen LogP contribution >= 0.6 is 15.6 Å². The number of hydrogen-bond donors (Lipinski definition) is 3. The second-order valence-electron chi connectivity index (χ2n) is 27.3. The van der Waals surface area contributed by atoms with E-state index in [9.17, 15) is 43.2 Å². The summed E-state index contributed by atoms with van der Waals surface area (Å²) in [7, 11) is -9.89. The topological polar surface area (TPSA) is 237 Å². The summed E-state index contributed by atoms with van der Waals surface area (Å²) in [6, 6.07) is 0. The second kappa shape index (κ2) is 65.0. The number of aliphatic hydroxyl groups excluding tert-OH is 1. The Morgan fingerprint density at radius 1 is 0.293 bits per heavy atom. The van der Waals surface area contributed by atoms with Crippen LogP contribution in [0, 0.1) is 11.8 Å². The molecule has 0 aliphatic heterocycles. The highest BCUT2D eigenvalue weighted by Gasteiger charge is 2.30. The van der Waals surface area contributed by atoms with Crippen LogP contribution in [0.1, 0.15) is 375 Å². The number of ether oxygens (including phenoxy) is 4. The molecule has 0 fully saturated rings. The molecule has 0 saturated carbocycles. The number of phosphoric ester groups is 2. The van der Waals surface area contributed by atoms with Crippen LogP contribution in [0.3, 0.4) is 0 Å². The molecular weight excluding hydrogens is 1210 g/mol. The lowest BCUT2D eigenvalue weighted by Gasteiger charge is -2.21. The predicted molar refractivity (Wildman–Crippen MR) is 372 cm³/mol. The minimum atomic E-state index is -4.95. The van der Waals surface area contributed by atoms with Crippen molar-refractivity contribution in [2.75, 3.05) is 39.6 Å². The molecule has 0 bridgehead atoms. The van der Waals surface area contributed by atoms with Crippen LogP contribution in [0.5, 0.6) is 0 Å². The monoisotopic (exact) mass is 1350 g/mol. The molecule has 17 nitrogen and oxygen atoms in total. The fourth-order valence-electron chi connectivity index (χ4n) is 11.1. The van der Waals surface area contributed by atoms with Gasteiger partial charge in [0, 0.05) is 25.7 Å². The Hall–Kier alpha value is -1.94. The number of carbonyl (C=O) groups is 4. The van der Waals surface area contributed by atoms with Crippen molar-refractivity contribution in [3.63, 3.8) is 0 Å². The first kappa shape index (κ1) is 90.1. The molecule has 92 heavy (non-hydrogen) atoms. The average Bonchev–Trinajstić information content (AvgIpc) is 2.25. The Bertz CT molecular complexity index is 1790. The van der Waals surface area contributed by atoms with Crippen LogP contribution in [-0.2, 0) is 65.4 Å². The zero-order valence-corrected chi connectivity index (χ0v) is 61.6. The maximum Gasteiger partial charge on any atom is 0.472 e. The van der Waals surface area contributed by atoms with E-state index < -0.39 is 97.5 Å². The summed E-state index contributed by atoms with van der Waals surface area (Å²) in [5.41, 5.74) is 0. The summed E-state index contributed by atoms with van der Waals surface area (Å²) < 4.78 is 68.2. The minimum absolute atomic E-state index is 0.107. The molecule has 0 saturated heterocycles. The van der Waals surface area contributed by atoms with Crippen LogP contribution in [0.4, 0.5) is 0 Å². The van der Waals surface area contributed by atoms with Gasteiger partial charge in [-0.05, 0) is 37.5 Å². The van der Waals surface area contributed by atoms with E-state index >= 15 is 0 Å². The predicted octanol–water partition coefficient (Wildman–Crippen LogP) is 21.2. The summed E-state index contributed by atoms with van der Waals surface area (Å²) in [6.07, 6.45) is 51.8. The van der Waals surface area contributed by atoms with E-state index in [2.05, 4.69) is 41.5 Å². The van der Waals surface area contributed by atoms with Gasteiger partial charge in [0.05, 0.1) is 26.4 Å². The number of phosphoric acid groups is 2. The van der Waals surface area contributed by atoms with Crippen molar-refractivity contribution in [2.24, 2.45) is 11.8 Å². The average molecular weight is 1350 g/mol. The SMILES string of the molecule is CCCCCCCCCCCCCCCC(=O)O[C@H](COC(=O)CCCCCCC)COP(=O)(O)OC[C@H](O)COP(=O)(O)OC[C@@H](COC(=O)CCCCCCCCCCCCC(C)C)OC(=O)CCCCCCCCCCCCCCCCCCCCC(C)C. The molecule has 0 heterocycles. The molecule has 2 unspecified atom stereocenters. The van der Waals surface area contributed by atoms with Crippen LogP contribution in [0.15, 0.2) is 0 Å². The van der Waals surface area contributed by atoms with Crippen LogP contribution in [-0.4, -0.2) is 96.7 Å². The van der Waals surface area contributed by atoms with Gasteiger partial charge in [-0.1, -0.05) is 324 Å². The lowest BCUT2D eigenvalue weighted by molar-refractivity contribution is -0.161. The van der Waals surface area contributed by atoms with Gasteiger partial charge in [-0.2, -0.15) is 0 Å². The molecule has 5 atom stereocenters. The molecule has 0 aromatic carbocycles. The maximum absolute atomic E-state index is 13.0. The zero-order chi connectivity index (χ0) is 67.9. The lowest BCUT2D eigenvalue weighted by Crippen LogP contribution is -2.30. The van der Waals surface area contributed by atoms with Crippen molar-refractivity contribution in [2.45, 2.75) is 394 Å². The lowest BCUT2D eigenvalue weighted by atomic mass is 10.0. The molecule has 0 aliphatic rings. The number of aliphatic hydroxyl groups is 1. The summed E-state index contributed by atoms with van der Waals surface area (Å²) >= 11 is 0. The largest absolute Gasteiger partial charge is 0.472 e. The molecule has 0 spiro atoms. The fraction of sp³-hybridized carbons (Fsp3) is 0.945. The Labute approximate surface area is 562 Å². The summed E-state index contributed by atoms with van der Waals surface area (Å²) in [4.78, 5) is 72.4. The van der Waals surface area contributed by atoms with Gasteiger partial charge in [0.25, 0.3) is 0 Å². The summed E-state index contributed by atoms with van der Waals surface area (Å²) in [6.45, 7) is 9.52. The maximum atomic E-state index is 13.0. The van der Waals surface area contributed by atoms with Crippen LogP contribution in [0.2, 0.25) is 0 Å². The number of carbonyl (C=O) groups excluding carboxylic acids is 4. The molecule has 0 rings (SSSR count). The van der Waals surface area contributed by atoms with E-state index in [0.717, 1.165) is 108 Å². The van der Waals surface area contributed by atoms with E-state index in [1.54, 1.807) is 0 Å². The minimum Gasteiger partial charge on any atom is -0.462 e. The van der Waals surface area contributed by atoms with Gasteiger partial charge in [0.1, 0.15) is 19.3 Å². The van der Waals surface area contributed by atoms with E-state index in [0.29, 0.717) is 25.7 Å². The Balaban J connectivity index is 5.11.